The van der Waals surface area contributed by atoms with Crippen LogP contribution in [-0.2, 0) is 11.2 Å². The molecule has 1 aromatic rings. The highest BCUT2D eigenvalue weighted by Crippen LogP contribution is 2.32. The molecule has 0 fully saturated rings. The average molecular weight is 261 g/mol. The van der Waals surface area contributed by atoms with Crippen LogP contribution in [-0.4, -0.2) is 37.0 Å². The number of nitrogens with zero attached hydrogens (tertiary/aromatic N) is 2. The fourth-order valence-electron chi connectivity index (χ4n) is 2.77. The highest BCUT2D eigenvalue weighted by molar-refractivity contribution is 5.84. The van der Waals surface area contributed by atoms with Crippen LogP contribution in [0.15, 0.2) is 18.2 Å². The number of para-hydroxylation sites is 1. The van der Waals surface area contributed by atoms with Crippen molar-refractivity contribution in [3.8, 4) is 0 Å². The maximum Gasteiger partial charge on any atom is 0.242 e. The lowest BCUT2D eigenvalue weighted by Crippen LogP contribution is -2.42. The molecule has 1 aliphatic heterocycles. The standard InChI is InChI=1S/C15H23N3O/c1-3-17(4-2)14(19)11-18-10-6-8-12-7-5-9-13(16)15(12)18/h5,7,9H,3-4,6,8,10-11,16H2,1-2H3. The van der Waals surface area contributed by atoms with E-state index in [-0.39, 0.29) is 5.91 Å². The highest BCUT2D eigenvalue weighted by Gasteiger charge is 2.22. The Kier molecular flexibility index (Phi) is 4.30. The average Bonchev–Trinajstić information content (AvgIpc) is 2.40. The number of hydrogen-bond donors (Lipinski definition) is 1. The quantitative estimate of drug-likeness (QED) is 0.842. The van der Waals surface area contributed by atoms with Gasteiger partial charge >= 0.3 is 0 Å². The zero-order valence-corrected chi connectivity index (χ0v) is 11.9. The Morgan fingerprint density at radius 1 is 1.37 bits per heavy atom. The lowest BCUT2D eigenvalue weighted by Gasteiger charge is -2.33. The van der Waals surface area contributed by atoms with Crippen molar-refractivity contribution < 1.29 is 4.79 Å². The highest BCUT2D eigenvalue weighted by atomic mass is 16.2. The zero-order chi connectivity index (χ0) is 13.8. The van der Waals surface area contributed by atoms with Gasteiger partial charge in [0.1, 0.15) is 0 Å². The van der Waals surface area contributed by atoms with Crippen molar-refractivity contribution in [2.24, 2.45) is 0 Å². The molecule has 2 rings (SSSR count). The van der Waals surface area contributed by atoms with Crippen LogP contribution in [0.2, 0.25) is 0 Å². The summed E-state index contributed by atoms with van der Waals surface area (Å²) in [7, 11) is 0. The second-order valence-corrected chi connectivity index (χ2v) is 4.95. The molecule has 0 atom stereocenters. The van der Waals surface area contributed by atoms with Gasteiger partial charge in [-0.2, -0.15) is 0 Å². The SMILES string of the molecule is CCN(CC)C(=O)CN1CCCc2cccc(N)c21. The zero-order valence-electron chi connectivity index (χ0n) is 11.9. The Bertz CT molecular complexity index is 455. The summed E-state index contributed by atoms with van der Waals surface area (Å²) >= 11 is 0. The molecule has 19 heavy (non-hydrogen) atoms. The largest absolute Gasteiger partial charge is 0.397 e. The minimum Gasteiger partial charge on any atom is -0.397 e. The Labute approximate surface area is 115 Å². The van der Waals surface area contributed by atoms with Gasteiger partial charge in [-0.1, -0.05) is 12.1 Å². The molecule has 1 heterocycles. The topological polar surface area (TPSA) is 49.6 Å². The van der Waals surface area contributed by atoms with Crippen LogP contribution in [0.5, 0.6) is 0 Å². The van der Waals surface area contributed by atoms with E-state index in [0.717, 1.165) is 43.9 Å². The molecule has 1 aromatic carbocycles. The molecule has 4 nitrogen and oxygen atoms in total. The number of rotatable bonds is 4. The number of nitrogens with two attached hydrogens (primary N) is 1. The first-order valence-corrected chi connectivity index (χ1v) is 7.07. The van der Waals surface area contributed by atoms with E-state index in [1.54, 1.807) is 0 Å². The Morgan fingerprint density at radius 2 is 2.11 bits per heavy atom. The number of nitrogen functional groups attached to an aromatic ring is 1. The summed E-state index contributed by atoms with van der Waals surface area (Å²) in [6.07, 6.45) is 2.14. The summed E-state index contributed by atoms with van der Waals surface area (Å²) in [6, 6.07) is 6.02. The van der Waals surface area contributed by atoms with Crippen LogP contribution in [0.1, 0.15) is 25.8 Å². The second-order valence-electron chi connectivity index (χ2n) is 4.95. The number of likely N-dealkylation sites (N-methyl/N-ethyl adjacent to an activating group) is 1. The lowest BCUT2D eigenvalue weighted by molar-refractivity contribution is -0.129. The monoisotopic (exact) mass is 261 g/mol. The maximum atomic E-state index is 12.2. The van der Waals surface area contributed by atoms with Gasteiger partial charge in [-0.3, -0.25) is 4.79 Å². The van der Waals surface area contributed by atoms with E-state index < -0.39 is 0 Å². The number of fused-ring (bicyclic) bond motifs is 1. The molecule has 0 radical (unpaired) electrons. The van der Waals surface area contributed by atoms with Crippen molar-refractivity contribution in [3.63, 3.8) is 0 Å². The molecule has 0 saturated carbocycles. The van der Waals surface area contributed by atoms with Crippen LogP contribution in [0, 0.1) is 0 Å². The van der Waals surface area contributed by atoms with Gasteiger partial charge in [-0.15, -0.1) is 0 Å². The van der Waals surface area contributed by atoms with E-state index in [0.29, 0.717) is 6.54 Å². The molecule has 0 aromatic heterocycles. The minimum absolute atomic E-state index is 0.182. The summed E-state index contributed by atoms with van der Waals surface area (Å²) < 4.78 is 0. The molecule has 0 spiro atoms. The van der Waals surface area contributed by atoms with Crippen molar-refractivity contribution >= 4 is 17.3 Å². The lowest BCUT2D eigenvalue weighted by atomic mass is 10.0. The van der Waals surface area contributed by atoms with Gasteiger partial charge in [0.25, 0.3) is 0 Å². The maximum absolute atomic E-state index is 12.2. The smallest absolute Gasteiger partial charge is 0.242 e. The van der Waals surface area contributed by atoms with Crippen LogP contribution < -0.4 is 10.6 Å². The van der Waals surface area contributed by atoms with E-state index in [2.05, 4.69) is 11.0 Å². The first-order valence-electron chi connectivity index (χ1n) is 7.07. The van der Waals surface area contributed by atoms with Crippen LogP contribution in [0.3, 0.4) is 0 Å². The van der Waals surface area contributed by atoms with Gasteiger partial charge < -0.3 is 15.5 Å². The normalized spacial score (nSPS) is 14.1. The number of anilines is 2. The first kappa shape index (κ1) is 13.7. The molecule has 2 N–H and O–H groups in total. The van der Waals surface area contributed by atoms with Crippen molar-refractivity contribution in [2.75, 3.05) is 36.8 Å². The summed E-state index contributed by atoms with van der Waals surface area (Å²) in [5, 5.41) is 0. The summed E-state index contributed by atoms with van der Waals surface area (Å²) in [4.78, 5) is 16.2. The van der Waals surface area contributed by atoms with Crippen molar-refractivity contribution in [3.05, 3.63) is 23.8 Å². The fourth-order valence-corrected chi connectivity index (χ4v) is 2.77. The van der Waals surface area contributed by atoms with Gasteiger partial charge in [0.05, 0.1) is 17.9 Å². The number of amides is 1. The Hall–Kier alpha value is -1.71. The molecule has 1 aliphatic rings. The first-order chi connectivity index (χ1) is 9.17. The van der Waals surface area contributed by atoms with E-state index >= 15 is 0 Å². The Balaban J connectivity index is 2.18. The summed E-state index contributed by atoms with van der Waals surface area (Å²) in [5.74, 6) is 0.182. The predicted octanol–water partition coefficient (Wildman–Crippen LogP) is 1.89. The molecular formula is C15H23N3O. The summed E-state index contributed by atoms with van der Waals surface area (Å²) in [5.41, 5.74) is 9.19. The molecule has 0 unspecified atom stereocenters. The summed E-state index contributed by atoms with van der Waals surface area (Å²) in [6.45, 7) is 6.90. The molecule has 0 saturated heterocycles. The van der Waals surface area contributed by atoms with Gasteiger partial charge in [0.15, 0.2) is 0 Å². The predicted molar refractivity (Wildman–Crippen MR) is 79.3 cm³/mol. The molecule has 4 heteroatoms. The van der Waals surface area contributed by atoms with Crippen molar-refractivity contribution in [2.45, 2.75) is 26.7 Å². The van der Waals surface area contributed by atoms with E-state index in [1.165, 1.54) is 5.56 Å². The van der Waals surface area contributed by atoms with Crippen LogP contribution in [0.4, 0.5) is 11.4 Å². The van der Waals surface area contributed by atoms with Crippen LogP contribution in [0.25, 0.3) is 0 Å². The fraction of sp³-hybridized carbons (Fsp3) is 0.533. The van der Waals surface area contributed by atoms with Gasteiger partial charge in [0, 0.05) is 19.6 Å². The molecule has 0 bridgehead atoms. The van der Waals surface area contributed by atoms with Crippen molar-refractivity contribution in [1.29, 1.82) is 0 Å². The third-order valence-electron chi connectivity index (χ3n) is 3.78. The van der Waals surface area contributed by atoms with Gasteiger partial charge in [-0.25, -0.2) is 0 Å². The third-order valence-corrected chi connectivity index (χ3v) is 3.78. The van der Waals surface area contributed by atoms with Crippen molar-refractivity contribution in [1.82, 2.24) is 4.90 Å². The minimum atomic E-state index is 0.182. The van der Waals surface area contributed by atoms with Gasteiger partial charge in [-0.05, 0) is 38.3 Å². The molecule has 0 aliphatic carbocycles. The number of hydrogen-bond acceptors (Lipinski definition) is 3. The number of aryl methyl sites for hydroxylation is 1. The number of carbonyl (C=O) groups excluding carboxylic acids is 1. The molecule has 104 valence electrons. The van der Waals surface area contributed by atoms with E-state index in [9.17, 15) is 4.79 Å². The van der Waals surface area contributed by atoms with Crippen LogP contribution >= 0.6 is 0 Å². The number of benzene rings is 1. The molecular weight excluding hydrogens is 238 g/mol. The molecule has 1 amide bonds. The van der Waals surface area contributed by atoms with E-state index in [1.807, 2.05) is 30.9 Å². The number of carbonyl (C=O) groups is 1. The van der Waals surface area contributed by atoms with Gasteiger partial charge in [0.2, 0.25) is 5.91 Å². The third kappa shape index (κ3) is 2.83. The van der Waals surface area contributed by atoms with E-state index in [4.69, 9.17) is 5.73 Å². The second kappa shape index (κ2) is 5.95. The Morgan fingerprint density at radius 3 is 2.79 bits per heavy atom.